The van der Waals surface area contributed by atoms with Crippen LogP contribution in [0.2, 0.25) is 0 Å². The summed E-state index contributed by atoms with van der Waals surface area (Å²) in [5, 5.41) is 18.6. The van der Waals surface area contributed by atoms with Crippen LogP contribution in [0.1, 0.15) is 27.0 Å². The molecule has 30 heavy (non-hydrogen) atoms. The average molecular weight is 511 g/mol. The standard InChI is InChI=1S/C24H18INO4/c1-29-22-13-17(11-20(14-26)18-7-9-19(10-8-18)24(27)28)12-21(25)23(22)30-15-16-5-3-2-4-6-16/h2-13H,15H2,1H3,(H,27,28)/b20-11-. The summed E-state index contributed by atoms with van der Waals surface area (Å²) in [6.45, 7) is 0.418. The molecule has 3 aromatic carbocycles. The third-order valence-electron chi connectivity index (χ3n) is 4.35. The van der Waals surface area contributed by atoms with E-state index in [4.69, 9.17) is 14.6 Å². The molecule has 0 atom stereocenters. The Morgan fingerprint density at radius 1 is 1.10 bits per heavy atom. The van der Waals surface area contributed by atoms with Crippen LogP contribution in [0.25, 0.3) is 11.6 Å². The average Bonchev–Trinajstić information content (AvgIpc) is 2.77. The molecule has 6 heteroatoms. The van der Waals surface area contributed by atoms with Crippen molar-refractivity contribution < 1.29 is 19.4 Å². The fourth-order valence-corrected chi connectivity index (χ4v) is 3.61. The zero-order chi connectivity index (χ0) is 21.5. The van der Waals surface area contributed by atoms with E-state index in [0.717, 1.165) is 14.7 Å². The number of benzene rings is 3. The molecule has 0 aliphatic heterocycles. The first-order valence-electron chi connectivity index (χ1n) is 9.01. The Kier molecular flexibility index (Phi) is 7.09. The highest BCUT2D eigenvalue weighted by Crippen LogP contribution is 2.35. The van der Waals surface area contributed by atoms with Crippen molar-refractivity contribution in [1.82, 2.24) is 0 Å². The lowest BCUT2D eigenvalue weighted by Gasteiger charge is -2.14. The number of carboxylic acid groups (broad SMARTS) is 1. The maximum absolute atomic E-state index is 11.0. The van der Waals surface area contributed by atoms with Crippen molar-refractivity contribution in [2.75, 3.05) is 7.11 Å². The van der Waals surface area contributed by atoms with Crippen LogP contribution in [-0.2, 0) is 6.61 Å². The number of nitriles is 1. The normalized spacial score (nSPS) is 10.9. The fraction of sp³-hybridized carbons (Fsp3) is 0.0833. The number of ether oxygens (including phenoxy) is 2. The van der Waals surface area contributed by atoms with Gasteiger partial charge in [-0.25, -0.2) is 4.79 Å². The molecule has 150 valence electrons. The van der Waals surface area contributed by atoms with Gasteiger partial charge in [-0.1, -0.05) is 42.5 Å². The van der Waals surface area contributed by atoms with Gasteiger partial charge < -0.3 is 14.6 Å². The predicted octanol–water partition coefficient (Wildman–Crippen LogP) is 5.64. The van der Waals surface area contributed by atoms with Crippen molar-refractivity contribution in [2.24, 2.45) is 0 Å². The Labute approximate surface area is 188 Å². The molecular weight excluding hydrogens is 493 g/mol. The molecule has 1 N–H and O–H groups in total. The van der Waals surface area contributed by atoms with E-state index in [1.807, 2.05) is 42.5 Å². The number of hydrogen-bond acceptors (Lipinski definition) is 4. The number of halogens is 1. The van der Waals surface area contributed by atoms with Crippen LogP contribution in [-0.4, -0.2) is 18.2 Å². The van der Waals surface area contributed by atoms with E-state index >= 15 is 0 Å². The molecule has 0 aromatic heterocycles. The van der Waals surface area contributed by atoms with Crippen LogP contribution in [0.4, 0.5) is 0 Å². The third-order valence-corrected chi connectivity index (χ3v) is 5.15. The van der Waals surface area contributed by atoms with Crippen LogP contribution < -0.4 is 9.47 Å². The first kappa shape index (κ1) is 21.4. The maximum atomic E-state index is 11.0. The number of methoxy groups -OCH3 is 1. The van der Waals surface area contributed by atoms with E-state index in [9.17, 15) is 10.1 Å². The molecule has 0 unspecified atom stereocenters. The number of hydrogen-bond donors (Lipinski definition) is 1. The lowest BCUT2D eigenvalue weighted by Crippen LogP contribution is -2.00. The largest absolute Gasteiger partial charge is 0.493 e. The number of rotatable bonds is 7. The van der Waals surface area contributed by atoms with Crippen molar-refractivity contribution in [3.8, 4) is 17.6 Å². The highest BCUT2D eigenvalue weighted by atomic mass is 127. The number of carboxylic acids is 1. The molecule has 0 saturated heterocycles. The topological polar surface area (TPSA) is 79.5 Å². The summed E-state index contributed by atoms with van der Waals surface area (Å²) in [6, 6.07) is 22.0. The Morgan fingerprint density at radius 2 is 1.77 bits per heavy atom. The maximum Gasteiger partial charge on any atom is 0.335 e. The van der Waals surface area contributed by atoms with E-state index in [1.165, 1.54) is 12.1 Å². The Hall–Kier alpha value is -3.31. The van der Waals surface area contributed by atoms with Gasteiger partial charge in [-0.2, -0.15) is 5.26 Å². The summed E-state index contributed by atoms with van der Waals surface area (Å²) >= 11 is 2.18. The second-order valence-corrected chi connectivity index (χ2v) is 7.52. The minimum Gasteiger partial charge on any atom is -0.493 e. The minimum absolute atomic E-state index is 0.173. The minimum atomic E-state index is -1.01. The van der Waals surface area contributed by atoms with Crippen LogP contribution in [0.15, 0.2) is 66.7 Å². The first-order valence-corrected chi connectivity index (χ1v) is 10.1. The van der Waals surface area contributed by atoms with E-state index in [-0.39, 0.29) is 5.56 Å². The van der Waals surface area contributed by atoms with Crippen molar-refractivity contribution in [2.45, 2.75) is 6.61 Å². The van der Waals surface area contributed by atoms with Gasteiger partial charge in [0.25, 0.3) is 0 Å². The van der Waals surface area contributed by atoms with Gasteiger partial charge in [-0.05, 0) is 69.6 Å². The molecule has 0 saturated carbocycles. The zero-order valence-electron chi connectivity index (χ0n) is 16.1. The van der Waals surface area contributed by atoms with Gasteiger partial charge in [0.2, 0.25) is 0 Å². The van der Waals surface area contributed by atoms with Crippen molar-refractivity contribution >= 4 is 40.2 Å². The lowest BCUT2D eigenvalue weighted by atomic mass is 10.0. The van der Waals surface area contributed by atoms with Gasteiger partial charge in [0.15, 0.2) is 11.5 Å². The zero-order valence-corrected chi connectivity index (χ0v) is 18.3. The summed E-state index contributed by atoms with van der Waals surface area (Å²) in [7, 11) is 1.57. The van der Waals surface area contributed by atoms with Crippen molar-refractivity contribution in [3.05, 3.63) is 92.6 Å². The van der Waals surface area contributed by atoms with Crippen molar-refractivity contribution in [1.29, 1.82) is 5.26 Å². The number of carbonyl (C=O) groups is 1. The molecule has 0 amide bonds. The van der Waals surface area contributed by atoms with Gasteiger partial charge in [0.05, 0.1) is 27.9 Å². The summed E-state index contributed by atoms with van der Waals surface area (Å²) in [5.41, 5.74) is 3.06. The summed E-state index contributed by atoms with van der Waals surface area (Å²) in [6.07, 6.45) is 1.74. The van der Waals surface area contributed by atoms with Gasteiger partial charge >= 0.3 is 5.97 Å². The van der Waals surface area contributed by atoms with Crippen LogP contribution in [0, 0.1) is 14.9 Å². The fourth-order valence-electron chi connectivity index (χ4n) is 2.83. The molecule has 3 rings (SSSR count). The third kappa shape index (κ3) is 5.19. The number of nitrogens with zero attached hydrogens (tertiary/aromatic N) is 1. The number of aromatic carboxylic acids is 1. The van der Waals surface area contributed by atoms with E-state index in [1.54, 1.807) is 25.3 Å². The van der Waals surface area contributed by atoms with Gasteiger partial charge in [0.1, 0.15) is 6.61 Å². The molecular formula is C24H18INO4. The van der Waals surface area contributed by atoms with Crippen molar-refractivity contribution in [3.63, 3.8) is 0 Å². The Bertz CT molecular complexity index is 1120. The Balaban J connectivity index is 1.89. The Morgan fingerprint density at radius 3 is 2.37 bits per heavy atom. The molecule has 0 bridgehead atoms. The summed E-state index contributed by atoms with van der Waals surface area (Å²) in [4.78, 5) is 11.0. The molecule has 0 aliphatic rings. The predicted molar refractivity (Wildman–Crippen MR) is 123 cm³/mol. The van der Waals surface area contributed by atoms with Crippen LogP contribution in [0.5, 0.6) is 11.5 Å². The number of allylic oxidation sites excluding steroid dienone is 1. The van der Waals surface area contributed by atoms with Gasteiger partial charge in [-0.15, -0.1) is 0 Å². The smallest absolute Gasteiger partial charge is 0.335 e. The van der Waals surface area contributed by atoms with Crippen LogP contribution >= 0.6 is 22.6 Å². The molecule has 5 nitrogen and oxygen atoms in total. The second kappa shape index (κ2) is 9.94. The van der Waals surface area contributed by atoms with Gasteiger partial charge in [-0.3, -0.25) is 0 Å². The molecule has 0 spiro atoms. The highest BCUT2D eigenvalue weighted by molar-refractivity contribution is 14.1. The first-order chi connectivity index (χ1) is 14.5. The summed E-state index contributed by atoms with van der Waals surface area (Å²) in [5.74, 6) is 0.209. The molecule has 0 radical (unpaired) electrons. The SMILES string of the molecule is COc1cc(/C=C(/C#N)c2ccc(C(=O)O)cc2)cc(I)c1OCc1ccccc1. The van der Waals surface area contributed by atoms with Gasteiger partial charge in [0, 0.05) is 0 Å². The van der Waals surface area contributed by atoms with E-state index < -0.39 is 5.97 Å². The molecule has 0 heterocycles. The molecule has 0 aliphatic carbocycles. The molecule has 3 aromatic rings. The highest BCUT2D eigenvalue weighted by Gasteiger charge is 2.12. The second-order valence-electron chi connectivity index (χ2n) is 6.36. The lowest BCUT2D eigenvalue weighted by molar-refractivity contribution is 0.0697. The monoisotopic (exact) mass is 511 g/mol. The van der Waals surface area contributed by atoms with E-state index in [0.29, 0.717) is 29.2 Å². The summed E-state index contributed by atoms with van der Waals surface area (Å²) < 4.78 is 12.3. The van der Waals surface area contributed by atoms with E-state index in [2.05, 4.69) is 28.7 Å². The quantitative estimate of drug-likeness (QED) is 0.252. The van der Waals surface area contributed by atoms with Crippen LogP contribution in [0.3, 0.4) is 0 Å². The molecule has 0 fully saturated rings.